The van der Waals surface area contributed by atoms with Crippen molar-refractivity contribution < 1.29 is 17.9 Å². The Morgan fingerprint density at radius 1 is 1.39 bits per heavy atom. The summed E-state index contributed by atoms with van der Waals surface area (Å²) in [6, 6.07) is 0.268. The molecule has 2 unspecified atom stereocenters. The molecule has 1 rings (SSSR count). The fourth-order valence-electron chi connectivity index (χ4n) is 2.19. The van der Waals surface area contributed by atoms with E-state index in [9.17, 15) is 13.2 Å². The van der Waals surface area contributed by atoms with E-state index in [1.165, 1.54) is 0 Å². The van der Waals surface area contributed by atoms with Crippen molar-refractivity contribution in [3.05, 3.63) is 0 Å². The molecule has 0 saturated carbocycles. The Morgan fingerprint density at radius 2 is 2.11 bits per heavy atom. The number of nitrogens with one attached hydrogen (secondary N) is 1. The number of nitrogens with zero attached hydrogens (tertiary/aromatic N) is 1. The molecule has 18 heavy (non-hydrogen) atoms. The molecular formula is C12H23F3N2O. The lowest BCUT2D eigenvalue weighted by Gasteiger charge is -2.38. The topological polar surface area (TPSA) is 24.5 Å². The summed E-state index contributed by atoms with van der Waals surface area (Å²) in [5.41, 5.74) is 0. The van der Waals surface area contributed by atoms with Crippen molar-refractivity contribution >= 4 is 0 Å². The Balaban J connectivity index is 2.43. The van der Waals surface area contributed by atoms with Gasteiger partial charge in [-0.2, -0.15) is 13.2 Å². The van der Waals surface area contributed by atoms with Gasteiger partial charge in [0, 0.05) is 25.2 Å². The maximum absolute atomic E-state index is 12.2. The van der Waals surface area contributed by atoms with Gasteiger partial charge in [0.2, 0.25) is 0 Å². The zero-order valence-electron chi connectivity index (χ0n) is 11.1. The number of alkyl halides is 3. The second-order valence-electron chi connectivity index (χ2n) is 4.84. The molecule has 1 aliphatic rings. The van der Waals surface area contributed by atoms with Gasteiger partial charge >= 0.3 is 6.18 Å². The molecule has 1 heterocycles. The van der Waals surface area contributed by atoms with E-state index in [0.717, 1.165) is 19.4 Å². The number of halogens is 3. The molecule has 2 atom stereocenters. The standard InChI is InChI=1S/C12H23F3N2O/c1-3-6-16-10-4-8-18-9-11(10)17(2)7-5-12(13,14)15/h10-11,16H,3-9H2,1-2H3. The minimum absolute atomic E-state index is 0.0296. The summed E-state index contributed by atoms with van der Waals surface area (Å²) >= 11 is 0. The Morgan fingerprint density at radius 3 is 2.72 bits per heavy atom. The van der Waals surface area contributed by atoms with Crippen molar-refractivity contribution in [2.75, 3.05) is 33.4 Å². The highest BCUT2D eigenvalue weighted by Gasteiger charge is 2.32. The minimum Gasteiger partial charge on any atom is -0.380 e. The Bertz CT molecular complexity index is 236. The van der Waals surface area contributed by atoms with Gasteiger partial charge in [0.05, 0.1) is 13.0 Å². The van der Waals surface area contributed by atoms with E-state index in [-0.39, 0.29) is 18.6 Å². The van der Waals surface area contributed by atoms with Crippen LogP contribution in [0.5, 0.6) is 0 Å². The van der Waals surface area contributed by atoms with Crippen molar-refractivity contribution in [1.82, 2.24) is 10.2 Å². The van der Waals surface area contributed by atoms with Crippen molar-refractivity contribution in [3.8, 4) is 0 Å². The van der Waals surface area contributed by atoms with Gasteiger partial charge in [0.25, 0.3) is 0 Å². The highest BCUT2D eigenvalue weighted by atomic mass is 19.4. The smallest absolute Gasteiger partial charge is 0.380 e. The fraction of sp³-hybridized carbons (Fsp3) is 1.00. The molecule has 1 aliphatic heterocycles. The molecule has 0 aliphatic carbocycles. The maximum atomic E-state index is 12.2. The maximum Gasteiger partial charge on any atom is 0.390 e. The van der Waals surface area contributed by atoms with E-state index in [1.54, 1.807) is 11.9 Å². The normalized spacial score (nSPS) is 25.7. The third kappa shape index (κ3) is 5.54. The van der Waals surface area contributed by atoms with Crippen LogP contribution in [0.2, 0.25) is 0 Å². The Labute approximate surface area is 107 Å². The second kappa shape index (κ2) is 7.31. The summed E-state index contributed by atoms with van der Waals surface area (Å²) in [5, 5.41) is 3.40. The van der Waals surface area contributed by atoms with Crippen LogP contribution in [0.4, 0.5) is 13.2 Å². The van der Waals surface area contributed by atoms with Crippen LogP contribution < -0.4 is 5.32 Å². The lowest BCUT2D eigenvalue weighted by molar-refractivity contribution is -0.140. The average Bonchev–Trinajstić information content (AvgIpc) is 2.33. The highest BCUT2D eigenvalue weighted by Crippen LogP contribution is 2.21. The largest absolute Gasteiger partial charge is 0.390 e. The second-order valence-corrected chi connectivity index (χ2v) is 4.84. The van der Waals surface area contributed by atoms with Crippen molar-refractivity contribution in [2.24, 2.45) is 0 Å². The Kier molecular flexibility index (Phi) is 6.38. The van der Waals surface area contributed by atoms with Crippen LogP contribution in [0.25, 0.3) is 0 Å². The zero-order valence-corrected chi connectivity index (χ0v) is 11.1. The third-order valence-corrected chi connectivity index (χ3v) is 3.30. The van der Waals surface area contributed by atoms with Gasteiger partial charge in [-0.1, -0.05) is 6.92 Å². The fourth-order valence-corrected chi connectivity index (χ4v) is 2.19. The predicted octanol–water partition coefficient (Wildman–Crippen LogP) is 2.03. The van der Waals surface area contributed by atoms with Crippen LogP contribution in [-0.4, -0.2) is 56.5 Å². The lowest BCUT2D eigenvalue weighted by Crippen LogP contribution is -2.54. The summed E-state index contributed by atoms with van der Waals surface area (Å²) in [6.07, 6.45) is -2.96. The van der Waals surface area contributed by atoms with Crippen LogP contribution in [0.1, 0.15) is 26.2 Å². The molecule has 0 aromatic carbocycles. The first-order chi connectivity index (χ1) is 8.44. The van der Waals surface area contributed by atoms with Gasteiger partial charge in [-0.15, -0.1) is 0 Å². The molecule has 0 spiro atoms. The van der Waals surface area contributed by atoms with Crippen LogP contribution in [0.15, 0.2) is 0 Å². The van der Waals surface area contributed by atoms with Crippen LogP contribution in [-0.2, 0) is 4.74 Å². The summed E-state index contributed by atoms with van der Waals surface area (Å²) in [7, 11) is 1.74. The molecule has 1 saturated heterocycles. The first kappa shape index (κ1) is 15.7. The van der Waals surface area contributed by atoms with Crippen molar-refractivity contribution in [2.45, 2.75) is 44.4 Å². The average molecular weight is 268 g/mol. The summed E-state index contributed by atoms with van der Waals surface area (Å²) in [4.78, 5) is 1.76. The third-order valence-electron chi connectivity index (χ3n) is 3.30. The molecule has 0 aromatic rings. The van der Waals surface area contributed by atoms with Gasteiger partial charge in [-0.25, -0.2) is 0 Å². The predicted molar refractivity (Wildman–Crippen MR) is 64.6 cm³/mol. The van der Waals surface area contributed by atoms with Crippen LogP contribution >= 0.6 is 0 Å². The van der Waals surface area contributed by atoms with Crippen LogP contribution in [0, 0.1) is 0 Å². The zero-order chi connectivity index (χ0) is 13.6. The molecule has 108 valence electrons. The number of hydrogen-bond donors (Lipinski definition) is 1. The summed E-state index contributed by atoms with van der Waals surface area (Å²) < 4.78 is 42.0. The molecule has 3 nitrogen and oxygen atoms in total. The van der Waals surface area contributed by atoms with E-state index < -0.39 is 12.6 Å². The van der Waals surface area contributed by atoms with Crippen molar-refractivity contribution in [3.63, 3.8) is 0 Å². The molecule has 1 N–H and O–H groups in total. The van der Waals surface area contributed by atoms with Crippen LogP contribution in [0.3, 0.4) is 0 Å². The van der Waals surface area contributed by atoms with Gasteiger partial charge in [0.1, 0.15) is 0 Å². The lowest BCUT2D eigenvalue weighted by atomic mass is 10.0. The van der Waals surface area contributed by atoms with E-state index in [0.29, 0.717) is 13.2 Å². The highest BCUT2D eigenvalue weighted by molar-refractivity contribution is 4.86. The molecule has 1 fully saturated rings. The number of rotatable bonds is 6. The molecule has 0 radical (unpaired) electrons. The van der Waals surface area contributed by atoms with Gasteiger partial charge in [-0.05, 0) is 26.4 Å². The Hall–Kier alpha value is -0.330. The minimum atomic E-state index is -4.09. The van der Waals surface area contributed by atoms with E-state index in [4.69, 9.17) is 4.74 Å². The number of ether oxygens (including phenoxy) is 1. The number of hydrogen-bond acceptors (Lipinski definition) is 3. The van der Waals surface area contributed by atoms with E-state index >= 15 is 0 Å². The number of likely N-dealkylation sites (N-methyl/N-ethyl adjacent to an activating group) is 1. The monoisotopic (exact) mass is 268 g/mol. The van der Waals surface area contributed by atoms with E-state index in [1.807, 2.05) is 0 Å². The summed E-state index contributed by atoms with van der Waals surface area (Å²) in [6.45, 7) is 4.20. The first-order valence-corrected chi connectivity index (χ1v) is 6.52. The van der Waals surface area contributed by atoms with E-state index in [2.05, 4.69) is 12.2 Å². The molecule has 6 heteroatoms. The SMILES string of the molecule is CCCNC1CCOCC1N(C)CCC(F)(F)F. The van der Waals surface area contributed by atoms with Gasteiger partial charge in [-0.3, -0.25) is 4.90 Å². The molecule has 0 amide bonds. The molecule has 0 aromatic heterocycles. The van der Waals surface area contributed by atoms with Crippen molar-refractivity contribution in [1.29, 1.82) is 0 Å². The first-order valence-electron chi connectivity index (χ1n) is 6.52. The summed E-state index contributed by atoms with van der Waals surface area (Å²) in [5.74, 6) is 0. The molecular weight excluding hydrogens is 245 g/mol. The van der Waals surface area contributed by atoms with Gasteiger partial charge < -0.3 is 10.1 Å². The molecule has 0 bridgehead atoms. The quantitative estimate of drug-likeness (QED) is 0.797. The van der Waals surface area contributed by atoms with Gasteiger partial charge in [0.15, 0.2) is 0 Å².